The molecule has 3 aromatic heterocycles. The van der Waals surface area contributed by atoms with Gasteiger partial charge in [0.05, 0.1) is 12.1 Å². The first-order chi connectivity index (χ1) is 13.1. The Labute approximate surface area is 161 Å². The van der Waals surface area contributed by atoms with Gasteiger partial charge in [-0.15, -0.1) is 10.2 Å². The first kappa shape index (κ1) is 17.9. The maximum Gasteiger partial charge on any atom is 0.228 e. The molecule has 1 saturated heterocycles. The maximum absolute atomic E-state index is 12.6. The van der Waals surface area contributed by atoms with Crippen LogP contribution in [-0.4, -0.2) is 57.2 Å². The maximum atomic E-state index is 12.6. The molecule has 0 aromatic carbocycles. The van der Waals surface area contributed by atoms with E-state index in [-0.39, 0.29) is 5.91 Å². The van der Waals surface area contributed by atoms with Crippen molar-refractivity contribution in [2.24, 2.45) is 0 Å². The second kappa shape index (κ2) is 7.66. The molecule has 0 saturated carbocycles. The first-order valence-electron chi connectivity index (χ1n) is 9.12. The molecule has 4 heterocycles. The molecule has 8 heteroatoms. The number of carbonyl (C=O) groups is 1. The monoisotopic (exact) mass is 382 g/mol. The Morgan fingerprint density at radius 1 is 1.19 bits per heavy atom. The van der Waals surface area contributed by atoms with Crippen molar-refractivity contribution in [1.29, 1.82) is 0 Å². The Balaban J connectivity index is 1.51. The van der Waals surface area contributed by atoms with E-state index >= 15 is 0 Å². The Kier molecular flexibility index (Phi) is 5.09. The van der Waals surface area contributed by atoms with Crippen molar-refractivity contribution in [2.45, 2.75) is 32.2 Å². The molecule has 0 spiro atoms. The van der Waals surface area contributed by atoms with Crippen LogP contribution in [0.15, 0.2) is 24.5 Å². The molecule has 1 N–H and O–H groups in total. The number of nitrogens with one attached hydrogen (secondary N) is 1. The second-order valence-electron chi connectivity index (χ2n) is 6.84. The summed E-state index contributed by atoms with van der Waals surface area (Å²) < 4.78 is 0. The van der Waals surface area contributed by atoms with E-state index in [1.165, 1.54) is 11.3 Å². The van der Waals surface area contributed by atoms with E-state index in [4.69, 9.17) is 0 Å². The number of hydrogen-bond donors (Lipinski definition) is 1. The van der Waals surface area contributed by atoms with Crippen LogP contribution in [-0.2, 0) is 11.2 Å². The van der Waals surface area contributed by atoms with Gasteiger partial charge < -0.3 is 10.2 Å². The SMILES string of the molecule is CNC1CCN(C(=O)Cc2cc3cc(-c4nnc(C)s4)ncc3cn2)CC1. The highest BCUT2D eigenvalue weighted by Gasteiger charge is 2.22. The summed E-state index contributed by atoms with van der Waals surface area (Å²) in [4.78, 5) is 23.5. The van der Waals surface area contributed by atoms with Crippen molar-refractivity contribution >= 4 is 28.0 Å². The molecule has 7 nitrogen and oxygen atoms in total. The number of amides is 1. The molecule has 0 aliphatic carbocycles. The summed E-state index contributed by atoms with van der Waals surface area (Å²) in [5.41, 5.74) is 1.58. The smallest absolute Gasteiger partial charge is 0.228 e. The van der Waals surface area contributed by atoms with Gasteiger partial charge in [-0.3, -0.25) is 14.8 Å². The highest BCUT2D eigenvalue weighted by atomic mass is 32.1. The Morgan fingerprint density at radius 3 is 2.67 bits per heavy atom. The van der Waals surface area contributed by atoms with Crippen molar-refractivity contribution in [2.75, 3.05) is 20.1 Å². The summed E-state index contributed by atoms with van der Waals surface area (Å²) in [5, 5.41) is 15.2. The molecule has 1 aliphatic heterocycles. The van der Waals surface area contributed by atoms with Crippen molar-refractivity contribution in [3.8, 4) is 10.7 Å². The van der Waals surface area contributed by atoms with Crippen LogP contribution in [0.2, 0.25) is 0 Å². The fraction of sp³-hybridized carbons (Fsp3) is 0.421. The number of hydrogen-bond acceptors (Lipinski definition) is 7. The van der Waals surface area contributed by atoms with E-state index in [1.54, 1.807) is 12.4 Å². The molecule has 0 bridgehead atoms. The van der Waals surface area contributed by atoms with E-state index in [1.807, 2.05) is 31.0 Å². The van der Waals surface area contributed by atoms with Crippen molar-refractivity contribution in [1.82, 2.24) is 30.4 Å². The van der Waals surface area contributed by atoms with Gasteiger partial charge in [-0.1, -0.05) is 11.3 Å². The van der Waals surface area contributed by atoms with E-state index < -0.39 is 0 Å². The number of pyridine rings is 2. The zero-order chi connectivity index (χ0) is 18.8. The summed E-state index contributed by atoms with van der Waals surface area (Å²) in [6.45, 7) is 3.54. The van der Waals surface area contributed by atoms with Gasteiger partial charge in [-0.2, -0.15) is 0 Å². The molecule has 3 aromatic rings. The quantitative estimate of drug-likeness (QED) is 0.745. The number of likely N-dealkylation sites (tertiary alicyclic amines) is 1. The fourth-order valence-corrected chi connectivity index (χ4v) is 4.04. The second-order valence-corrected chi connectivity index (χ2v) is 8.02. The number of fused-ring (bicyclic) bond motifs is 1. The minimum atomic E-state index is 0.144. The number of piperidine rings is 1. The molecule has 0 atom stereocenters. The Morgan fingerprint density at radius 2 is 1.96 bits per heavy atom. The average Bonchev–Trinajstić information content (AvgIpc) is 3.14. The minimum absolute atomic E-state index is 0.144. The van der Waals surface area contributed by atoms with Gasteiger partial charge in [0.25, 0.3) is 0 Å². The van der Waals surface area contributed by atoms with E-state index in [2.05, 4.69) is 25.5 Å². The zero-order valence-corrected chi connectivity index (χ0v) is 16.3. The number of rotatable bonds is 4. The molecule has 1 amide bonds. The van der Waals surface area contributed by atoms with Gasteiger partial charge in [0.15, 0.2) is 5.01 Å². The summed E-state index contributed by atoms with van der Waals surface area (Å²) in [6.07, 6.45) is 5.92. The Hall–Kier alpha value is -2.45. The zero-order valence-electron chi connectivity index (χ0n) is 15.5. The summed E-state index contributed by atoms with van der Waals surface area (Å²) >= 11 is 1.52. The highest BCUT2D eigenvalue weighted by molar-refractivity contribution is 7.14. The third-order valence-corrected chi connectivity index (χ3v) is 5.85. The summed E-state index contributed by atoms with van der Waals surface area (Å²) in [7, 11) is 1.98. The third kappa shape index (κ3) is 3.96. The highest BCUT2D eigenvalue weighted by Crippen LogP contribution is 2.24. The number of carbonyl (C=O) groups excluding carboxylic acids is 1. The van der Waals surface area contributed by atoms with Crippen LogP contribution in [0.25, 0.3) is 21.5 Å². The lowest BCUT2D eigenvalue weighted by atomic mass is 10.0. The van der Waals surface area contributed by atoms with Gasteiger partial charge in [-0.05, 0) is 44.3 Å². The fourth-order valence-electron chi connectivity index (χ4n) is 3.38. The van der Waals surface area contributed by atoms with Gasteiger partial charge in [0, 0.05) is 36.9 Å². The number of aromatic nitrogens is 4. The molecular weight excluding hydrogens is 360 g/mol. The molecule has 4 rings (SSSR count). The predicted octanol–water partition coefficient (Wildman–Crippen LogP) is 2.21. The normalized spacial score (nSPS) is 15.4. The van der Waals surface area contributed by atoms with Crippen molar-refractivity contribution in [3.63, 3.8) is 0 Å². The Bertz CT molecular complexity index is 964. The van der Waals surface area contributed by atoms with Crippen LogP contribution in [0.5, 0.6) is 0 Å². The largest absolute Gasteiger partial charge is 0.342 e. The van der Waals surface area contributed by atoms with Crippen LogP contribution >= 0.6 is 11.3 Å². The van der Waals surface area contributed by atoms with Gasteiger partial charge in [0.1, 0.15) is 10.7 Å². The molecule has 1 fully saturated rings. The standard InChI is InChI=1S/C19H22N6OS/c1-12-23-24-19(27-12)17-8-13-7-16(21-10-14(13)11-22-17)9-18(26)25-5-3-15(20-2)4-6-25/h7-8,10-11,15,20H,3-6,9H2,1-2H3. The van der Waals surface area contributed by atoms with Crippen LogP contribution in [0.1, 0.15) is 23.5 Å². The van der Waals surface area contributed by atoms with Gasteiger partial charge in [-0.25, -0.2) is 0 Å². The molecule has 0 radical (unpaired) electrons. The average molecular weight is 382 g/mol. The van der Waals surface area contributed by atoms with E-state index in [0.717, 1.165) is 58.1 Å². The lowest BCUT2D eigenvalue weighted by Gasteiger charge is -2.31. The lowest BCUT2D eigenvalue weighted by Crippen LogP contribution is -2.44. The van der Waals surface area contributed by atoms with Crippen LogP contribution in [0.3, 0.4) is 0 Å². The van der Waals surface area contributed by atoms with E-state index in [0.29, 0.717) is 12.5 Å². The number of nitrogens with zero attached hydrogens (tertiary/aromatic N) is 5. The van der Waals surface area contributed by atoms with Crippen molar-refractivity contribution < 1.29 is 4.79 Å². The predicted molar refractivity (Wildman–Crippen MR) is 106 cm³/mol. The van der Waals surface area contributed by atoms with Crippen LogP contribution < -0.4 is 5.32 Å². The molecular formula is C19H22N6OS. The molecule has 140 valence electrons. The summed E-state index contributed by atoms with van der Waals surface area (Å²) in [5.74, 6) is 0.144. The summed E-state index contributed by atoms with van der Waals surface area (Å²) in [6, 6.07) is 4.48. The minimum Gasteiger partial charge on any atom is -0.342 e. The van der Waals surface area contributed by atoms with Crippen LogP contribution in [0.4, 0.5) is 0 Å². The van der Waals surface area contributed by atoms with Gasteiger partial charge in [0.2, 0.25) is 5.91 Å². The van der Waals surface area contributed by atoms with E-state index in [9.17, 15) is 4.79 Å². The van der Waals surface area contributed by atoms with Gasteiger partial charge >= 0.3 is 0 Å². The lowest BCUT2D eigenvalue weighted by molar-refractivity contribution is -0.131. The van der Waals surface area contributed by atoms with Crippen LogP contribution in [0, 0.1) is 6.92 Å². The molecule has 27 heavy (non-hydrogen) atoms. The number of aryl methyl sites for hydroxylation is 1. The third-order valence-electron chi connectivity index (χ3n) is 4.99. The molecule has 1 aliphatic rings. The van der Waals surface area contributed by atoms with Crippen molar-refractivity contribution in [3.05, 3.63) is 35.2 Å². The topological polar surface area (TPSA) is 83.9 Å². The first-order valence-corrected chi connectivity index (χ1v) is 9.94. The molecule has 0 unspecified atom stereocenters.